The van der Waals surface area contributed by atoms with Crippen LogP contribution in [0.3, 0.4) is 0 Å². The van der Waals surface area contributed by atoms with Gasteiger partial charge in [-0.25, -0.2) is 0 Å². The van der Waals surface area contributed by atoms with Crippen molar-refractivity contribution in [2.24, 2.45) is 0 Å². The molecule has 0 saturated carbocycles. The van der Waals surface area contributed by atoms with Gasteiger partial charge in [0.2, 0.25) is 0 Å². The fourth-order valence-electron chi connectivity index (χ4n) is 1.81. The van der Waals surface area contributed by atoms with E-state index in [1.54, 1.807) is 18.2 Å². The molecule has 0 atom stereocenters. The Kier molecular flexibility index (Phi) is 4.74. The van der Waals surface area contributed by atoms with Crippen molar-refractivity contribution in [3.63, 3.8) is 0 Å². The number of rotatable bonds is 3. The topological polar surface area (TPSA) is 17.1 Å². The first-order valence-electron chi connectivity index (χ1n) is 5.92. The molecule has 2 rings (SSSR count). The van der Waals surface area contributed by atoms with Gasteiger partial charge in [0.1, 0.15) is 0 Å². The third-order valence-corrected chi connectivity index (χ3v) is 4.19. The van der Waals surface area contributed by atoms with Crippen molar-refractivity contribution in [2.45, 2.75) is 12.6 Å². The monoisotopic (exact) mass is 376 g/mol. The molecule has 1 nitrogen and oxygen atoms in total. The summed E-state index contributed by atoms with van der Waals surface area (Å²) in [6, 6.07) is 9.49. The van der Waals surface area contributed by atoms with Crippen molar-refractivity contribution in [3.05, 3.63) is 68.7 Å². The molecule has 0 aliphatic heterocycles. The Morgan fingerprint density at radius 2 is 1.71 bits per heavy atom. The molecule has 2 aromatic rings. The molecule has 0 heterocycles. The molecule has 0 N–H and O–H groups in total. The maximum Gasteiger partial charge on any atom is 0.416 e. The van der Waals surface area contributed by atoms with E-state index in [9.17, 15) is 18.0 Å². The second-order valence-electron chi connectivity index (χ2n) is 4.40. The molecule has 0 saturated heterocycles. The molecular formula is C15H9BrClF3O. The SMILES string of the molecule is O=C(Cc1ccc(C(F)(F)F)cc1)c1cccc(Br)c1Cl. The molecule has 0 amide bonds. The van der Waals surface area contributed by atoms with E-state index in [4.69, 9.17) is 11.6 Å². The molecule has 110 valence electrons. The minimum absolute atomic E-state index is 0.00564. The van der Waals surface area contributed by atoms with Gasteiger partial charge < -0.3 is 0 Å². The highest BCUT2D eigenvalue weighted by Crippen LogP contribution is 2.30. The number of carbonyl (C=O) groups excluding carboxylic acids is 1. The smallest absolute Gasteiger partial charge is 0.294 e. The molecule has 0 fully saturated rings. The van der Waals surface area contributed by atoms with Gasteiger partial charge in [-0.15, -0.1) is 0 Å². The van der Waals surface area contributed by atoms with E-state index >= 15 is 0 Å². The molecular weight excluding hydrogens is 369 g/mol. The molecule has 0 aromatic heterocycles. The van der Waals surface area contributed by atoms with E-state index in [0.717, 1.165) is 12.1 Å². The van der Waals surface area contributed by atoms with Crippen molar-refractivity contribution in [1.82, 2.24) is 0 Å². The van der Waals surface area contributed by atoms with Gasteiger partial charge >= 0.3 is 6.18 Å². The van der Waals surface area contributed by atoms with E-state index in [0.29, 0.717) is 20.6 Å². The lowest BCUT2D eigenvalue weighted by molar-refractivity contribution is -0.137. The highest BCUT2D eigenvalue weighted by Gasteiger charge is 2.30. The predicted molar refractivity (Wildman–Crippen MR) is 78.6 cm³/mol. The molecule has 6 heteroatoms. The summed E-state index contributed by atoms with van der Waals surface area (Å²) in [6.45, 7) is 0. The summed E-state index contributed by atoms with van der Waals surface area (Å²) in [7, 11) is 0. The second-order valence-corrected chi connectivity index (χ2v) is 5.63. The van der Waals surface area contributed by atoms with Crippen molar-refractivity contribution in [3.8, 4) is 0 Å². The minimum atomic E-state index is -4.38. The molecule has 21 heavy (non-hydrogen) atoms. The van der Waals surface area contributed by atoms with Gasteiger partial charge in [0, 0.05) is 16.5 Å². The first-order chi connectivity index (χ1) is 9.79. The van der Waals surface area contributed by atoms with Gasteiger partial charge in [0.05, 0.1) is 10.6 Å². The Bertz CT molecular complexity index is 666. The summed E-state index contributed by atoms with van der Waals surface area (Å²) in [4.78, 5) is 12.1. The Hall–Kier alpha value is -1.33. The zero-order valence-corrected chi connectivity index (χ0v) is 12.9. The van der Waals surface area contributed by atoms with E-state index in [1.165, 1.54) is 12.1 Å². The first-order valence-corrected chi connectivity index (χ1v) is 7.09. The number of hydrogen-bond acceptors (Lipinski definition) is 1. The summed E-state index contributed by atoms with van der Waals surface area (Å²) in [5.74, 6) is -0.249. The third-order valence-electron chi connectivity index (χ3n) is 2.90. The summed E-state index contributed by atoms with van der Waals surface area (Å²) in [5, 5.41) is 0.300. The number of halogens is 5. The quantitative estimate of drug-likeness (QED) is 0.641. The van der Waals surface area contributed by atoms with Crippen molar-refractivity contribution >= 4 is 33.3 Å². The molecule has 0 aliphatic carbocycles. The molecule has 2 aromatic carbocycles. The van der Waals surface area contributed by atoms with E-state index in [2.05, 4.69) is 15.9 Å². The van der Waals surface area contributed by atoms with Gasteiger partial charge in [-0.05, 0) is 45.8 Å². The van der Waals surface area contributed by atoms with Gasteiger partial charge in [-0.3, -0.25) is 4.79 Å². The van der Waals surface area contributed by atoms with Crippen molar-refractivity contribution in [2.75, 3.05) is 0 Å². The van der Waals surface area contributed by atoms with E-state index < -0.39 is 11.7 Å². The van der Waals surface area contributed by atoms with Crippen LogP contribution in [0.25, 0.3) is 0 Å². The first kappa shape index (κ1) is 16.0. The summed E-state index contributed by atoms with van der Waals surface area (Å²) >= 11 is 9.24. The summed E-state index contributed by atoms with van der Waals surface area (Å²) in [5.41, 5.74) is 0.106. The van der Waals surface area contributed by atoms with Crippen LogP contribution in [0.2, 0.25) is 5.02 Å². The molecule has 0 spiro atoms. The van der Waals surface area contributed by atoms with Crippen molar-refractivity contribution in [1.29, 1.82) is 0 Å². The van der Waals surface area contributed by atoms with Gasteiger partial charge in [0.15, 0.2) is 5.78 Å². The molecule has 0 unspecified atom stereocenters. The average Bonchev–Trinajstić information content (AvgIpc) is 2.41. The van der Waals surface area contributed by atoms with E-state index in [-0.39, 0.29) is 12.2 Å². The Balaban J connectivity index is 2.18. The van der Waals surface area contributed by atoms with Gasteiger partial charge in [-0.1, -0.05) is 29.8 Å². The fourth-order valence-corrected chi connectivity index (χ4v) is 2.41. The fraction of sp³-hybridized carbons (Fsp3) is 0.133. The zero-order valence-electron chi connectivity index (χ0n) is 10.5. The highest BCUT2D eigenvalue weighted by molar-refractivity contribution is 9.10. The molecule has 0 radical (unpaired) electrons. The standard InChI is InChI=1S/C15H9BrClF3O/c16-12-3-1-2-11(14(12)17)13(21)8-9-4-6-10(7-5-9)15(18,19)20/h1-7H,8H2. The van der Waals surface area contributed by atoms with Crippen LogP contribution in [0.15, 0.2) is 46.9 Å². The number of hydrogen-bond donors (Lipinski definition) is 0. The third kappa shape index (κ3) is 3.86. The van der Waals surface area contributed by atoms with Crippen LogP contribution < -0.4 is 0 Å². The maximum absolute atomic E-state index is 12.5. The number of ketones is 1. The molecule has 0 bridgehead atoms. The van der Waals surface area contributed by atoms with Crippen molar-refractivity contribution < 1.29 is 18.0 Å². The number of Topliss-reactive ketones (excluding diaryl/α,β-unsaturated/α-hetero) is 1. The van der Waals surface area contributed by atoms with E-state index in [1.807, 2.05) is 0 Å². The Morgan fingerprint density at radius 3 is 2.29 bits per heavy atom. The Morgan fingerprint density at radius 1 is 1.10 bits per heavy atom. The zero-order chi connectivity index (χ0) is 15.6. The van der Waals surface area contributed by atoms with Crippen LogP contribution in [-0.4, -0.2) is 5.78 Å². The minimum Gasteiger partial charge on any atom is -0.294 e. The lowest BCUT2D eigenvalue weighted by Crippen LogP contribution is -2.07. The molecule has 0 aliphatic rings. The normalized spacial score (nSPS) is 11.5. The van der Waals surface area contributed by atoms with Gasteiger partial charge in [0.25, 0.3) is 0 Å². The van der Waals surface area contributed by atoms with Crippen LogP contribution in [0.5, 0.6) is 0 Å². The maximum atomic E-state index is 12.5. The summed E-state index contributed by atoms with van der Waals surface area (Å²) in [6.07, 6.45) is -4.38. The van der Waals surface area contributed by atoms with Gasteiger partial charge in [-0.2, -0.15) is 13.2 Å². The van der Waals surface area contributed by atoms with Crippen LogP contribution in [0.4, 0.5) is 13.2 Å². The van der Waals surface area contributed by atoms with Crippen LogP contribution in [0, 0.1) is 0 Å². The summed E-state index contributed by atoms with van der Waals surface area (Å²) < 4.78 is 38.0. The Labute approximate surface area is 132 Å². The van der Waals surface area contributed by atoms with Crippen LogP contribution >= 0.6 is 27.5 Å². The number of carbonyl (C=O) groups is 1. The predicted octanol–water partition coefficient (Wildman–Crippen LogP) is 5.55. The number of benzene rings is 2. The lowest BCUT2D eigenvalue weighted by Gasteiger charge is -2.08. The largest absolute Gasteiger partial charge is 0.416 e. The average molecular weight is 378 g/mol. The lowest BCUT2D eigenvalue weighted by atomic mass is 10.0. The van der Waals surface area contributed by atoms with Crippen LogP contribution in [0.1, 0.15) is 21.5 Å². The number of alkyl halides is 3. The van der Waals surface area contributed by atoms with Crippen LogP contribution in [-0.2, 0) is 12.6 Å². The second kappa shape index (κ2) is 6.20. The highest BCUT2D eigenvalue weighted by atomic mass is 79.9.